The summed E-state index contributed by atoms with van der Waals surface area (Å²) in [5.74, 6) is 1.94. The summed E-state index contributed by atoms with van der Waals surface area (Å²) in [5, 5.41) is 0. The van der Waals surface area contributed by atoms with E-state index in [2.05, 4.69) is 11.6 Å². The van der Waals surface area contributed by atoms with E-state index in [1.165, 1.54) is 6.08 Å². The number of nitrogens with zero attached hydrogens (tertiary/aromatic N) is 4. The minimum absolute atomic E-state index is 0.0728. The van der Waals surface area contributed by atoms with E-state index >= 15 is 0 Å². The SMILES string of the molecule is C=CC(=O)N1CCC[C@@H](n2c(=O)n(-c3ccc(Oc4cccc(OC(C)C)c4)cc3)c3cnccc32)C1. The molecular formula is C29H30N4O4. The minimum Gasteiger partial charge on any atom is -0.491 e. The molecule has 190 valence electrons. The maximum atomic E-state index is 13.8. The molecule has 4 aromatic rings. The fraction of sp³-hybridized carbons (Fsp3) is 0.276. The first-order valence-corrected chi connectivity index (χ1v) is 12.5. The van der Waals surface area contributed by atoms with E-state index in [1.807, 2.05) is 68.4 Å². The van der Waals surface area contributed by atoms with Crippen LogP contribution in [0.15, 0.2) is 84.4 Å². The van der Waals surface area contributed by atoms with Crippen LogP contribution in [0.3, 0.4) is 0 Å². The van der Waals surface area contributed by atoms with Crippen LogP contribution in [0.2, 0.25) is 0 Å². The van der Waals surface area contributed by atoms with Crippen molar-refractivity contribution in [3.63, 3.8) is 0 Å². The zero-order chi connectivity index (χ0) is 25.9. The Balaban J connectivity index is 1.45. The molecule has 8 heteroatoms. The first-order chi connectivity index (χ1) is 17.9. The lowest BCUT2D eigenvalue weighted by Gasteiger charge is -2.32. The average molecular weight is 499 g/mol. The molecule has 1 amide bonds. The zero-order valence-electron chi connectivity index (χ0n) is 21.0. The molecule has 1 aliphatic rings. The summed E-state index contributed by atoms with van der Waals surface area (Å²) in [7, 11) is 0. The minimum atomic E-state index is -0.159. The van der Waals surface area contributed by atoms with Crippen molar-refractivity contribution in [3.8, 4) is 22.9 Å². The number of amides is 1. The van der Waals surface area contributed by atoms with E-state index in [0.29, 0.717) is 35.8 Å². The van der Waals surface area contributed by atoms with Crippen LogP contribution in [0.4, 0.5) is 0 Å². The summed E-state index contributed by atoms with van der Waals surface area (Å²) in [4.78, 5) is 32.0. The summed E-state index contributed by atoms with van der Waals surface area (Å²) < 4.78 is 15.2. The van der Waals surface area contributed by atoms with Gasteiger partial charge < -0.3 is 14.4 Å². The maximum Gasteiger partial charge on any atom is 0.334 e. The number of hydrogen-bond acceptors (Lipinski definition) is 5. The zero-order valence-corrected chi connectivity index (χ0v) is 21.0. The summed E-state index contributed by atoms with van der Waals surface area (Å²) >= 11 is 0. The Morgan fingerprint density at radius 2 is 1.86 bits per heavy atom. The smallest absolute Gasteiger partial charge is 0.334 e. The van der Waals surface area contributed by atoms with Gasteiger partial charge in [-0.1, -0.05) is 12.6 Å². The van der Waals surface area contributed by atoms with Crippen molar-refractivity contribution in [1.29, 1.82) is 0 Å². The van der Waals surface area contributed by atoms with Crippen molar-refractivity contribution in [1.82, 2.24) is 19.0 Å². The van der Waals surface area contributed by atoms with Crippen molar-refractivity contribution in [2.75, 3.05) is 13.1 Å². The Bertz CT molecular complexity index is 1490. The predicted octanol–water partition coefficient (Wildman–Crippen LogP) is 5.12. The molecule has 0 N–H and O–H groups in total. The lowest BCUT2D eigenvalue weighted by atomic mass is 10.1. The highest BCUT2D eigenvalue weighted by molar-refractivity contribution is 5.87. The number of piperidine rings is 1. The van der Waals surface area contributed by atoms with Gasteiger partial charge in [-0.25, -0.2) is 4.79 Å². The van der Waals surface area contributed by atoms with Crippen LogP contribution in [0.25, 0.3) is 16.7 Å². The lowest BCUT2D eigenvalue weighted by Crippen LogP contribution is -2.42. The molecule has 1 atom stereocenters. The highest BCUT2D eigenvalue weighted by atomic mass is 16.5. The molecule has 2 aromatic carbocycles. The third-order valence-corrected chi connectivity index (χ3v) is 6.43. The number of carbonyl (C=O) groups excluding carboxylic acids is 1. The van der Waals surface area contributed by atoms with Gasteiger partial charge in [-0.15, -0.1) is 0 Å². The molecule has 0 saturated carbocycles. The van der Waals surface area contributed by atoms with E-state index in [4.69, 9.17) is 9.47 Å². The van der Waals surface area contributed by atoms with Gasteiger partial charge >= 0.3 is 5.69 Å². The van der Waals surface area contributed by atoms with Crippen LogP contribution in [0.5, 0.6) is 17.2 Å². The average Bonchev–Trinajstić information content (AvgIpc) is 3.20. The van der Waals surface area contributed by atoms with Gasteiger partial charge in [0.15, 0.2) is 0 Å². The number of pyridine rings is 1. The number of benzene rings is 2. The fourth-order valence-electron chi connectivity index (χ4n) is 4.85. The van der Waals surface area contributed by atoms with Crippen molar-refractivity contribution >= 4 is 16.9 Å². The molecule has 5 rings (SSSR count). The molecule has 0 unspecified atom stereocenters. The summed E-state index contributed by atoms with van der Waals surface area (Å²) in [5.41, 5.74) is 2.06. The molecule has 0 spiro atoms. The van der Waals surface area contributed by atoms with Crippen LogP contribution in [0.1, 0.15) is 32.7 Å². The molecule has 8 nitrogen and oxygen atoms in total. The van der Waals surface area contributed by atoms with Gasteiger partial charge in [-0.2, -0.15) is 0 Å². The Kier molecular flexibility index (Phi) is 6.81. The van der Waals surface area contributed by atoms with Crippen molar-refractivity contribution in [2.24, 2.45) is 0 Å². The van der Waals surface area contributed by atoms with Gasteiger partial charge in [-0.3, -0.25) is 18.9 Å². The molecule has 37 heavy (non-hydrogen) atoms. The van der Waals surface area contributed by atoms with Gasteiger partial charge in [0.2, 0.25) is 5.91 Å². The number of ether oxygens (including phenoxy) is 2. The summed E-state index contributed by atoms with van der Waals surface area (Å²) in [6, 6.07) is 16.6. The highest BCUT2D eigenvalue weighted by Crippen LogP contribution is 2.29. The molecule has 0 radical (unpaired) electrons. The van der Waals surface area contributed by atoms with Gasteiger partial charge in [0.25, 0.3) is 0 Å². The number of hydrogen-bond donors (Lipinski definition) is 0. The second-order valence-corrected chi connectivity index (χ2v) is 9.37. The standard InChI is InChI=1S/C29H30N4O4/c1-4-28(34)31-16-6-7-22(19-31)33-26-14-15-30-18-27(26)32(29(33)35)21-10-12-23(13-11-21)37-25-9-5-8-24(17-25)36-20(2)3/h4-5,8-15,17-18,20,22H,1,6-7,16,19H2,2-3H3/t22-/m1/s1. The second kappa shape index (κ2) is 10.3. The highest BCUT2D eigenvalue weighted by Gasteiger charge is 2.27. The predicted molar refractivity (Wildman–Crippen MR) is 143 cm³/mol. The van der Waals surface area contributed by atoms with Crippen LogP contribution >= 0.6 is 0 Å². The molecule has 1 aliphatic heterocycles. The van der Waals surface area contributed by atoms with E-state index < -0.39 is 0 Å². The number of carbonyl (C=O) groups is 1. The number of likely N-dealkylation sites (tertiary alicyclic amines) is 1. The van der Waals surface area contributed by atoms with Gasteiger partial charge in [0, 0.05) is 25.4 Å². The molecule has 2 aromatic heterocycles. The number of imidazole rings is 1. The van der Waals surface area contributed by atoms with Gasteiger partial charge in [0.05, 0.1) is 35.1 Å². The van der Waals surface area contributed by atoms with E-state index in [1.54, 1.807) is 26.4 Å². The maximum absolute atomic E-state index is 13.8. The van der Waals surface area contributed by atoms with Crippen LogP contribution in [0, 0.1) is 0 Å². The third kappa shape index (κ3) is 5.00. The fourth-order valence-corrected chi connectivity index (χ4v) is 4.85. The van der Waals surface area contributed by atoms with Gasteiger partial charge in [-0.05, 0) is 75.2 Å². The Morgan fingerprint density at radius 1 is 1.08 bits per heavy atom. The molecular weight excluding hydrogens is 468 g/mol. The van der Waals surface area contributed by atoms with Crippen LogP contribution < -0.4 is 15.2 Å². The summed E-state index contributed by atoms with van der Waals surface area (Å²) in [6.07, 6.45) is 6.43. The van der Waals surface area contributed by atoms with E-state index in [-0.39, 0.29) is 23.7 Å². The monoisotopic (exact) mass is 498 g/mol. The molecule has 1 saturated heterocycles. The molecule has 0 bridgehead atoms. The Morgan fingerprint density at radius 3 is 2.62 bits per heavy atom. The van der Waals surface area contributed by atoms with Crippen molar-refractivity contribution in [3.05, 3.63) is 90.1 Å². The largest absolute Gasteiger partial charge is 0.491 e. The number of fused-ring (bicyclic) bond motifs is 1. The lowest BCUT2D eigenvalue weighted by molar-refractivity contribution is -0.127. The molecule has 0 aliphatic carbocycles. The Labute approximate surface area is 215 Å². The van der Waals surface area contributed by atoms with Crippen LogP contribution in [-0.4, -0.2) is 44.1 Å². The third-order valence-electron chi connectivity index (χ3n) is 6.43. The summed E-state index contributed by atoms with van der Waals surface area (Å²) in [6.45, 7) is 8.70. The van der Waals surface area contributed by atoms with Gasteiger partial charge in [0.1, 0.15) is 17.2 Å². The van der Waals surface area contributed by atoms with Crippen LogP contribution in [-0.2, 0) is 4.79 Å². The van der Waals surface area contributed by atoms with Crippen molar-refractivity contribution in [2.45, 2.75) is 38.8 Å². The Hall–Kier alpha value is -4.33. The van der Waals surface area contributed by atoms with Crippen molar-refractivity contribution < 1.29 is 14.3 Å². The first kappa shape index (κ1) is 24.4. The topological polar surface area (TPSA) is 78.6 Å². The first-order valence-electron chi connectivity index (χ1n) is 12.5. The molecule has 1 fully saturated rings. The van der Waals surface area contributed by atoms with E-state index in [9.17, 15) is 9.59 Å². The van der Waals surface area contributed by atoms with E-state index in [0.717, 1.165) is 24.1 Å². The molecule has 3 heterocycles. The number of aromatic nitrogens is 3. The number of rotatable bonds is 7. The second-order valence-electron chi connectivity index (χ2n) is 9.37. The normalized spacial score (nSPS) is 15.6. The quantitative estimate of drug-likeness (QED) is 0.331.